The molecular weight excluding hydrogens is 392 g/mol. The number of nitrogens with zero attached hydrogens (tertiary/aromatic N) is 2. The number of fused-ring (bicyclic) bond motifs is 1. The third-order valence-electron chi connectivity index (χ3n) is 5.72. The van der Waals surface area contributed by atoms with E-state index in [-0.39, 0.29) is 24.4 Å². The van der Waals surface area contributed by atoms with Gasteiger partial charge in [-0.1, -0.05) is 0 Å². The van der Waals surface area contributed by atoms with Crippen molar-refractivity contribution in [1.29, 1.82) is 0 Å². The first-order chi connectivity index (χ1) is 13.5. The van der Waals surface area contributed by atoms with E-state index in [1.54, 1.807) is 18.0 Å². The van der Waals surface area contributed by atoms with Crippen LogP contribution in [0.15, 0.2) is 41.1 Å². The third-order valence-corrected chi connectivity index (χ3v) is 5.72. The lowest BCUT2D eigenvalue weighted by molar-refractivity contribution is -0.132. The van der Waals surface area contributed by atoms with Gasteiger partial charge in [-0.15, -0.1) is 12.4 Å². The summed E-state index contributed by atoms with van der Waals surface area (Å²) in [6.45, 7) is 5.53. The Hall–Kier alpha value is -2.51. The third kappa shape index (κ3) is 3.72. The van der Waals surface area contributed by atoms with Crippen LogP contribution in [0.4, 0.5) is 0 Å². The van der Waals surface area contributed by atoms with E-state index in [4.69, 9.17) is 9.15 Å². The molecule has 8 heteroatoms. The minimum Gasteiger partial charge on any atom is -0.497 e. The SMILES string of the molecule is COc1ccc2oc(C(C)NC(=O)C3(n4cccn4)CCNCC3)c(C)c2c1.Cl. The summed E-state index contributed by atoms with van der Waals surface area (Å²) >= 11 is 0. The monoisotopic (exact) mass is 418 g/mol. The number of nitrogens with one attached hydrogen (secondary N) is 2. The van der Waals surface area contributed by atoms with Crippen molar-refractivity contribution in [2.75, 3.05) is 20.2 Å². The number of rotatable bonds is 5. The van der Waals surface area contributed by atoms with Crippen LogP contribution < -0.4 is 15.4 Å². The van der Waals surface area contributed by atoms with Gasteiger partial charge in [0.15, 0.2) is 0 Å². The van der Waals surface area contributed by atoms with Crippen LogP contribution in [0.25, 0.3) is 11.0 Å². The highest BCUT2D eigenvalue weighted by Gasteiger charge is 2.42. The molecule has 2 aromatic heterocycles. The van der Waals surface area contributed by atoms with Crippen LogP contribution in [0.5, 0.6) is 5.75 Å². The highest BCUT2D eigenvalue weighted by molar-refractivity contribution is 5.86. The lowest BCUT2D eigenvalue weighted by atomic mass is 9.87. The zero-order valence-corrected chi connectivity index (χ0v) is 17.7. The van der Waals surface area contributed by atoms with Crippen molar-refractivity contribution in [3.8, 4) is 5.75 Å². The molecule has 1 aliphatic heterocycles. The molecule has 1 unspecified atom stereocenters. The molecule has 1 saturated heterocycles. The Labute approximate surface area is 176 Å². The maximum Gasteiger partial charge on any atom is 0.248 e. The fourth-order valence-corrected chi connectivity index (χ4v) is 4.08. The number of amides is 1. The quantitative estimate of drug-likeness (QED) is 0.664. The maximum atomic E-state index is 13.4. The van der Waals surface area contributed by atoms with Crippen LogP contribution >= 0.6 is 12.4 Å². The van der Waals surface area contributed by atoms with E-state index in [1.165, 1.54) is 0 Å². The Morgan fingerprint density at radius 1 is 1.38 bits per heavy atom. The predicted octanol–water partition coefficient (Wildman–Crippen LogP) is 3.32. The number of carbonyl (C=O) groups is 1. The summed E-state index contributed by atoms with van der Waals surface area (Å²) < 4.78 is 13.2. The Kier molecular flexibility index (Phi) is 6.19. The summed E-state index contributed by atoms with van der Waals surface area (Å²) in [6, 6.07) is 7.34. The molecule has 1 aromatic carbocycles. The largest absolute Gasteiger partial charge is 0.497 e. The number of hydrogen-bond acceptors (Lipinski definition) is 5. The van der Waals surface area contributed by atoms with Crippen LogP contribution in [0.1, 0.15) is 37.1 Å². The van der Waals surface area contributed by atoms with Gasteiger partial charge in [0.1, 0.15) is 22.6 Å². The molecule has 0 radical (unpaired) electrons. The summed E-state index contributed by atoms with van der Waals surface area (Å²) in [5.41, 5.74) is 1.13. The topological polar surface area (TPSA) is 81.3 Å². The molecule has 7 nitrogen and oxygen atoms in total. The predicted molar refractivity (Wildman–Crippen MR) is 114 cm³/mol. The first-order valence-corrected chi connectivity index (χ1v) is 9.64. The summed E-state index contributed by atoms with van der Waals surface area (Å²) in [5.74, 6) is 1.52. The van der Waals surface area contributed by atoms with Crippen molar-refractivity contribution in [3.63, 3.8) is 0 Å². The number of methoxy groups -OCH3 is 1. The fourth-order valence-electron chi connectivity index (χ4n) is 4.08. The summed E-state index contributed by atoms with van der Waals surface area (Å²) in [5, 5.41) is 11.9. The Balaban J connectivity index is 0.00000240. The summed E-state index contributed by atoms with van der Waals surface area (Å²) in [4.78, 5) is 13.4. The Bertz CT molecular complexity index is 977. The number of benzene rings is 1. The van der Waals surface area contributed by atoms with Gasteiger partial charge in [-0.25, -0.2) is 0 Å². The first kappa shape index (κ1) is 21.2. The molecule has 1 atom stereocenters. The summed E-state index contributed by atoms with van der Waals surface area (Å²) in [7, 11) is 1.65. The van der Waals surface area contributed by atoms with Gasteiger partial charge in [-0.2, -0.15) is 5.10 Å². The minimum atomic E-state index is -0.674. The number of piperidine rings is 1. The van der Waals surface area contributed by atoms with Gasteiger partial charge in [-0.3, -0.25) is 9.48 Å². The number of furan rings is 1. The second-order valence-corrected chi connectivity index (χ2v) is 7.38. The molecular formula is C21H27ClN4O3. The van der Waals surface area contributed by atoms with Gasteiger partial charge in [0.2, 0.25) is 5.91 Å². The van der Waals surface area contributed by atoms with E-state index in [2.05, 4.69) is 15.7 Å². The van der Waals surface area contributed by atoms with Crippen LogP contribution in [-0.4, -0.2) is 35.9 Å². The molecule has 4 rings (SSSR count). The second kappa shape index (κ2) is 8.47. The van der Waals surface area contributed by atoms with Gasteiger partial charge in [0.05, 0.1) is 13.2 Å². The average molecular weight is 419 g/mol. The highest BCUT2D eigenvalue weighted by atomic mass is 35.5. The molecule has 1 amide bonds. The minimum absolute atomic E-state index is 0. The molecule has 3 heterocycles. The number of aryl methyl sites for hydroxylation is 1. The van der Waals surface area contributed by atoms with Crippen molar-refractivity contribution in [1.82, 2.24) is 20.4 Å². The lowest BCUT2D eigenvalue weighted by Gasteiger charge is -2.37. The molecule has 1 fully saturated rings. The maximum absolute atomic E-state index is 13.4. The number of hydrogen-bond donors (Lipinski definition) is 2. The van der Waals surface area contributed by atoms with Crippen LogP contribution in [-0.2, 0) is 10.3 Å². The molecule has 0 aliphatic carbocycles. The standard InChI is InChI=1S/C21H26N4O3.ClH/c1-14-17-13-16(27-3)5-6-18(17)28-19(14)15(2)24-20(26)21(7-10-22-11-8-21)25-12-4-9-23-25;/h4-6,9,12-13,15,22H,7-8,10-11H2,1-3H3,(H,24,26);1H. The van der Waals surface area contributed by atoms with Crippen molar-refractivity contribution in [3.05, 3.63) is 48.0 Å². The molecule has 0 spiro atoms. The van der Waals surface area contributed by atoms with E-state index in [0.717, 1.165) is 41.1 Å². The molecule has 29 heavy (non-hydrogen) atoms. The van der Waals surface area contributed by atoms with Gasteiger partial charge >= 0.3 is 0 Å². The normalized spacial score (nSPS) is 16.8. The Morgan fingerprint density at radius 3 is 2.79 bits per heavy atom. The van der Waals surface area contributed by atoms with Gasteiger partial charge in [0, 0.05) is 23.3 Å². The molecule has 0 saturated carbocycles. The average Bonchev–Trinajstić information content (AvgIpc) is 3.37. The zero-order chi connectivity index (χ0) is 19.7. The van der Waals surface area contributed by atoms with Gasteiger partial charge in [-0.05, 0) is 64.0 Å². The van der Waals surface area contributed by atoms with E-state index < -0.39 is 5.54 Å². The second-order valence-electron chi connectivity index (χ2n) is 7.38. The fraction of sp³-hybridized carbons (Fsp3) is 0.429. The van der Waals surface area contributed by atoms with Gasteiger partial charge < -0.3 is 19.8 Å². The van der Waals surface area contributed by atoms with Crippen LogP contribution in [0.2, 0.25) is 0 Å². The van der Waals surface area contributed by atoms with E-state index in [9.17, 15) is 4.79 Å². The molecule has 3 aromatic rings. The van der Waals surface area contributed by atoms with Crippen LogP contribution in [0, 0.1) is 6.92 Å². The smallest absolute Gasteiger partial charge is 0.248 e. The van der Waals surface area contributed by atoms with E-state index >= 15 is 0 Å². The molecule has 1 aliphatic rings. The van der Waals surface area contributed by atoms with Crippen molar-refractivity contribution in [2.45, 2.75) is 38.3 Å². The Morgan fingerprint density at radius 2 is 2.14 bits per heavy atom. The van der Waals surface area contributed by atoms with Crippen molar-refractivity contribution < 1.29 is 13.9 Å². The summed E-state index contributed by atoms with van der Waals surface area (Å²) in [6.07, 6.45) is 4.98. The van der Waals surface area contributed by atoms with Crippen molar-refractivity contribution >= 4 is 29.3 Å². The molecule has 2 N–H and O–H groups in total. The highest BCUT2D eigenvalue weighted by Crippen LogP contribution is 2.33. The number of ether oxygens (including phenoxy) is 1. The van der Waals surface area contributed by atoms with Crippen molar-refractivity contribution in [2.24, 2.45) is 0 Å². The lowest BCUT2D eigenvalue weighted by Crippen LogP contribution is -2.55. The number of halogens is 1. The number of aromatic nitrogens is 2. The van der Waals surface area contributed by atoms with Gasteiger partial charge in [0.25, 0.3) is 0 Å². The first-order valence-electron chi connectivity index (χ1n) is 9.64. The van der Waals surface area contributed by atoms with E-state index in [0.29, 0.717) is 12.8 Å². The molecule has 156 valence electrons. The van der Waals surface area contributed by atoms with E-state index in [1.807, 2.05) is 44.3 Å². The molecule has 0 bridgehead atoms. The van der Waals surface area contributed by atoms with Crippen LogP contribution in [0.3, 0.4) is 0 Å². The zero-order valence-electron chi connectivity index (χ0n) is 16.9. The number of carbonyl (C=O) groups excluding carboxylic acids is 1.